The number of nitrogens with one attached hydrogen (secondary N) is 3. The molecule has 282 valence electrons. The Bertz CT molecular complexity index is 1880. The summed E-state index contributed by atoms with van der Waals surface area (Å²) in [5.74, 6) is -2.08. The molecule has 0 bridgehead atoms. The number of hydrogen-bond acceptors (Lipinski definition) is 11. The minimum atomic E-state index is -3.98. The molecule has 2 aromatic heterocycles. The number of carbonyl (C=O) groups is 4. The molecule has 2 aromatic rings. The van der Waals surface area contributed by atoms with Gasteiger partial charge in [-0.2, -0.15) is 0 Å². The molecular weight excluding hydrogens is 692 g/mol. The lowest BCUT2D eigenvalue weighted by Gasteiger charge is -2.33. The van der Waals surface area contributed by atoms with Gasteiger partial charge in [0, 0.05) is 31.1 Å². The monoisotopic (exact) mass is 740 g/mol. The van der Waals surface area contributed by atoms with Crippen LogP contribution in [0.25, 0.3) is 11.0 Å². The number of hydrogen-bond donors (Lipinski definition) is 3. The molecular formula is C36H48N6O9S. The Hall–Kier alpha value is -4.18. The molecule has 0 spiro atoms. The van der Waals surface area contributed by atoms with Crippen LogP contribution in [0.15, 0.2) is 41.2 Å². The van der Waals surface area contributed by atoms with E-state index in [4.69, 9.17) is 13.9 Å². The van der Waals surface area contributed by atoms with E-state index >= 15 is 0 Å². The molecule has 3 saturated carbocycles. The second-order valence-corrected chi connectivity index (χ2v) is 18.3. The maximum atomic E-state index is 14.7. The predicted octanol–water partition coefficient (Wildman–Crippen LogP) is 2.76. The lowest BCUT2D eigenvalue weighted by atomic mass is 10.1. The first-order valence-corrected chi connectivity index (χ1v) is 19.6. The normalized spacial score (nSPS) is 30.2. The molecule has 4 heterocycles. The number of fused-ring (bicyclic) bond motifs is 3. The van der Waals surface area contributed by atoms with E-state index in [1.165, 1.54) is 11.2 Å². The van der Waals surface area contributed by atoms with E-state index in [-0.39, 0.29) is 37.9 Å². The highest BCUT2D eigenvalue weighted by Crippen LogP contribution is 2.47. The molecule has 4 fully saturated rings. The Balaban J connectivity index is 1.21. The molecule has 3 N–H and O–H groups in total. The summed E-state index contributed by atoms with van der Waals surface area (Å²) in [6, 6.07) is 1.51. The first-order chi connectivity index (χ1) is 24.6. The van der Waals surface area contributed by atoms with Crippen LogP contribution in [0.5, 0.6) is 5.88 Å². The number of carbonyl (C=O) groups excluding carboxylic acids is 4. The van der Waals surface area contributed by atoms with Crippen molar-refractivity contribution in [1.82, 2.24) is 30.1 Å². The second-order valence-electron chi connectivity index (χ2n) is 16.1. The molecule has 4 amide bonds. The van der Waals surface area contributed by atoms with Crippen molar-refractivity contribution in [2.45, 2.75) is 119 Å². The van der Waals surface area contributed by atoms with Gasteiger partial charge < -0.3 is 29.4 Å². The maximum absolute atomic E-state index is 14.7. The molecule has 3 aliphatic carbocycles. The van der Waals surface area contributed by atoms with Crippen LogP contribution < -0.4 is 20.1 Å². The van der Waals surface area contributed by atoms with Gasteiger partial charge in [0.15, 0.2) is 0 Å². The number of amides is 4. The Morgan fingerprint density at radius 3 is 2.62 bits per heavy atom. The number of ether oxygens (including phenoxy) is 2. The zero-order valence-electron chi connectivity index (χ0n) is 30.1. The Morgan fingerprint density at radius 1 is 1.13 bits per heavy atom. The van der Waals surface area contributed by atoms with Gasteiger partial charge >= 0.3 is 6.09 Å². The highest BCUT2D eigenvalue weighted by Gasteiger charge is 2.63. The van der Waals surface area contributed by atoms with Crippen molar-refractivity contribution in [3.05, 3.63) is 36.7 Å². The van der Waals surface area contributed by atoms with Gasteiger partial charge in [-0.3, -0.25) is 24.0 Å². The third-order valence-electron chi connectivity index (χ3n) is 10.7. The Kier molecular flexibility index (Phi) is 9.29. The lowest BCUT2D eigenvalue weighted by Crippen LogP contribution is -2.60. The van der Waals surface area contributed by atoms with Gasteiger partial charge in [0.1, 0.15) is 34.9 Å². The predicted molar refractivity (Wildman–Crippen MR) is 188 cm³/mol. The van der Waals surface area contributed by atoms with Crippen LogP contribution in [0.4, 0.5) is 4.79 Å². The van der Waals surface area contributed by atoms with Gasteiger partial charge in [0.25, 0.3) is 5.91 Å². The number of allylic oxidation sites excluding steroid dienone is 1. The molecule has 1 saturated heterocycles. The van der Waals surface area contributed by atoms with Crippen LogP contribution in [0.2, 0.25) is 0 Å². The minimum Gasteiger partial charge on any atom is -0.472 e. The molecule has 16 heteroatoms. The zero-order chi connectivity index (χ0) is 37.1. The quantitative estimate of drug-likeness (QED) is 0.354. The van der Waals surface area contributed by atoms with Gasteiger partial charge in [0.05, 0.1) is 22.9 Å². The van der Waals surface area contributed by atoms with Crippen molar-refractivity contribution in [2.24, 2.45) is 5.92 Å². The van der Waals surface area contributed by atoms with E-state index in [9.17, 15) is 27.6 Å². The van der Waals surface area contributed by atoms with Crippen LogP contribution in [0.3, 0.4) is 0 Å². The fraction of sp³-hybridized carbons (Fsp3) is 0.639. The Morgan fingerprint density at radius 2 is 1.90 bits per heavy atom. The minimum absolute atomic E-state index is 0.0158. The topological polar surface area (TPSA) is 189 Å². The standard InChI is InChI=1S/C36H48N6O9S/c1-34(2,3)51-33(46)38-26-21-41(23-9-10-23)16-7-5-6-8-22-19-36(22,32(45)40-52(47,48)35(4)13-14-35)39-29(43)27-18-24(20-42(27)31(26)44)50-30-25-12-17-49-28(25)11-15-37-30/h6,8,11-12,15,17,22-24,26-27H,5,7,9-10,13-14,16,18-21H2,1-4H3,(H,38,46)(H,39,43)(H,40,45)/b8-6-/t22?,24-,26+,27+,36-/m1/s1. The van der Waals surface area contributed by atoms with E-state index in [1.807, 2.05) is 12.2 Å². The van der Waals surface area contributed by atoms with Crippen LogP contribution in [-0.4, -0.2) is 107 Å². The van der Waals surface area contributed by atoms with Crippen molar-refractivity contribution in [3.8, 4) is 5.88 Å². The second kappa shape index (κ2) is 13.3. The van der Waals surface area contributed by atoms with Crippen molar-refractivity contribution in [3.63, 3.8) is 0 Å². The molecule has 7 rings (SSSR count). The van der Waals surface area contributed by atoms with E-state index in [0.29, 0.717) is 36.8 Å². The van der Waals surface area contributed by atoms with Crippen LogP contribution in [-0.2, 0) is 29.1 Å². The average molecular weight is 741 g/mol. The van der Waals surface area contributed by atoms with Gasteiger partial charge in [-0.1, -0.05) is 12.2 Å². The van der Waals surface area contributed by atoms with Crippen molar-refractivity contribution < 1.29 is 41.5 Å². The van der Waals surface area contributed by atoms with Crippen LogP contribution >= 0.6 is 0 Å². The van der Waals surface area contributed by atoms with Crippen molar-refractivity contribution in [1.29, 1.82) is 0 Å². The summed E-state index contributed by atoms with van der Waals surface area (Å²) >= 11 is 0. The first-order valence-electron chi connectivity index (χ1n) is 18.2. The van der Waals surface area contributed by atoms with Crippen LogP contribution in [0, 0.1) is 5.92 Å². The molecule has 5 aliphatic rings. The number of alkyl carbamates (subject to hydrolysis) is 1. The van der Waals surface area contributed by atoms with E-state index in [0.717, 1.165) is 19.3 Å². The molecule has 1 unspecified atom stereocenters. The van der Waals surface area contributed by atoms with E-state index < -0.39 is 73.8 Å². The summed E-state index contributed by atoms with van der Waals surface area (Å²) in [4.78, 5) is 64.0. The van der Waals surface area contributed by atoms with Gasteiger partial charge in [-0.05, 0) is 91.3 Å². The number of sulfonamides is 1. The zero-order valence-corrected chi connectivity index (χ0v) is 30.9. The number of nitrogens with zero attached hydrogens (tertiary/aromatic N) is 3. The average Bonchev–Trinajstić information content (AvgIpc) is 4.03. The third-order valence-corrected chi connectivity index (χ3v) is 12.9. The van der Waals surface area contributed by atoms with Crippen molar-refractivity contribution in [2.75, 3.05) is 19.6 Å². The van der Waals surface area contributed by atoms with E-state index in [1.54, 1.807) is 46.0 Å². The number of furan rings is 1. The van der Waals surface area contributed by atoms with Gasteiger partial charge in [-0.25, -0.2) is 18.2 Å². The SMILES string of the molecule is CC(C)(C)OC(=O)N[C@H]1CN(C2CC2)CCC/C=C\C2C[C@@]2(C(=O)NS(=O)(=O)C2(C)CC2)NC(=O)[C@@H]2C[C@@H](Oc3nccc4occc34)CN2C1=O. The summed E-state index contributed by atoms with van der Waals surface area (Å²) in [5.41, 5.74) is -1.77. The molecule has 52 heavy (non-hydrogen) atoms. The molecule has 15 nitrogen and oxygen atoms in total. The fourth-order valence-corrected chi connectivity index (χ4v) is 8.48. The summed E-state index contributed by atoms with van der Waals surface area (Å²) < 4.78 is 44.9. The lowest BCUT2D eigenvalue weighted by molar-refractivity contribution is -0.141. The summed E-state index contributed by atoms with van der Waals surface area (Å²) in [5, 5.41) is 6.31. The highest BCUT2D eigenvalue weighted by atomic mass is 32.2. The Labute approximate surface area is 303 Å². The maximum Gasteiger partial charge on any atom is 0.408 e. The molecule has 2 aliphatic heterocycles. The van der Waals surface area contributed by atoms with Crippen LogP contribution in [0.1, 0.15) is 79.1 Å². The van der Waals surface area contributed by atoms with Gasteiger partial charge in [-0.15, -0.1) is 0 Å². The third kappa shape index (κ3) is 7.49. The summed E-state index contributed by atoms with van der Waals surface area (Å²) in [7, 11) is -3.98. The first kappa shape index (κ1) is 36.2. The molecule has 0 aromatic carbocycles. The summed E-state index contributed by atoms with van der Waals surface area (Å²) in [6.45, 7) is 7.66. The molecule has 0 radical (unpaired) electrons. The van der Waals surface area contributed by atoms with Crippen molar-refractivity contribution >= 4 is 44.8 Å². The smallest absolute Gasteiger partial charge is 0.408 e. The largest absolute Gasteiger partial charge is 0.472 e. The number of rotatable bonds is 7. The van der Waals surface area contributed by atoms with Gasteiger partial charge in [0.2, 0.25) is 27.7 Å². The highest BCUT2D eigenvalue weighted by molar-refractivity contribution is 7.91. The molecule has 5 atom stereocenters. The number of aromatic nitrogens is 1. The summed E-state index contributed by atoms with van der Waals surface area (Å²) in [6.07, 6.45) is 9.95. The van der Waals surface area contributed by atoms with E-state index in [2.05, 4.69) is 25.2 Å². The number of pyridine rings is 1. The fourth-order valence-electron chi connectivity index (χ4n) is 7.17.